The van der Waals surface area contributed by atoms with Gasteiger partial charge in [-0.3, -0.25) is 15.0 Å². The standard InChI is InChI=1S/C21H28F2N4O4/c1-10-15(16(10)31-9-20(4,22)23)13(7-24)11(2)27-8-14(21(5-6-21)19(27)30)17(25)26-18(29)12(3)28/h5-7,11-15,24,28H,8-9H2,1-4H3,(H2,25,26,29)/t11?,12-,13?,14?,15+/m1/s1. The lowest BCUT2D eigenvalue weighted by Gasteiger charge is -2.30. The van der Waals surface area contributed by atoms with Crippen molar-refractivity contribution in [2.45, 2.75) is 45.8 Å². The molecule has 0 aromatic heterocycles. The smallest absolute Gasteiger partial charge is 0.278 e. The van der Waals surface area contributed by atoms with E-state index in [0.29, 0.717) is 5.76 Å². The Bertz CT molecular complexity index is 871. The fraction of sp³-hybridized carbons (Fsp3) is 0.619. The molecule has 1 spiro atoms. The Morgan fingerprint density at radius 2 is 2.10 bits per heavy atom. The highest BCUT2D eigenvalue weighted by molar-refractivity contribution is 6.06. The lowest BCUT2D eigenvalue weighted by Crippen LogP contribution is -2.44. The Morgan fingerprint density at radius 1 is 1.48 bits per heavy atom. The summed E-state index contributed by atoms with van der Waals surface area (Å²) in [5, 5.41) is 27.9. The van der Waals surface area contributed by atoms with Crippen LogP contribution in [0.25, 0.3) is 0 Å². The molecule has 5 atom stereocenters. The van der Waals surface area contributed by atoms with Gasteiger partial charge in [0.05, 0.1) is 17.3 Å². The Morgan fingerprint density at radius 3 is 2.58 bits per heavy atom. The molecule has 0 aromatic carbocycles. The van der Waals surface area contributed by atoms with Crippen molar-refractivity contribution >= 4 is 23.9 Å². The molecular weight excluding hydrogens is 410 g/mol. The number of halogens is 2. The fourth-order valence-corrected chi connectivity index (χ4v) is 4.22. The van der Waals surface area contributed by atoms with E-state index in [0.717, 1.165) is 12.5 Å². The Balaban J connectivity index is 1.69. The van der Waals surface area contributed by atoms with Gasteiger partial charge in [-0.05, 0) is 26.3 Å². The van der Waals surface area contributed by atoms with Crippen LogP contribution in [0.5, 0.6) is 0 Å². The highest BCUT2D eigenvalue weighted by atomic mass is 19.3. The number of carbonyl (C=O) groups is 2. The van der Waals surface area contributed by atoms with Crippen LogP contribution in [0.4, 0.5) is 8.78 Å². The summed E-state index contributed by atoms with van der Waals surface area (Å²) in [7, 11) is 0. The number of amidine groups is 1. The van der Waals surface area contributed by atoms with Crippen LogP contribution in [0.3, 0.4) is 0 Å². The number of aliphatic hydroxyl groups excluding tert-OH is 1. The Hall–Kier alpha value is -2.62. The third-order valence-electron chi connectivity index (χ3n) is 6.26. The van der Waals surface area contributed by atoms with Gasteiger partial charge in [-0.1, -0.05) is 12.2 Å². The molecule has 170 valence electrons. The van der Waals surface area contributed by atoms with Crippen molar-refractivity contribution in [3.8, 4) is 0 Å². The van der Waals surface area contributed by atoms with Crippen LogP contribution in [0, 0.1) is 34.0 Å². The third kappa shape index (κ3) is 4.26. The molecular formula is C21H28F2N4O4. The summed E-state index contributed by atoms with van der Waals surface area (Å²) >= 11 is 0. The van der Waals surface area contributed by atoms with Gasteiger partial charge in [-0.25, -0.2) is 8.78 Å². The molecule has 1 heterocycles. The monoisotopic (exact) mass is 438 g/mol. The predicted molar refractivity (Wildman–Crippen MR) is 109 cm³/mol. The largest absolute Gasteiger partial charge is 0.491 e. The molecule has 1 fully saturated rings. The maximum absolute atomic E-state index is 13.1. The third-order valence-corrected chi connectivity index (χ3v) is 6.26. The number of aliphatic hydroxyl groups is 1. The molecule has 3 rings (SSSR count). The highest BCUT2D eigenvalue weighted by Gasteiger charge is 2.60. The minimum Gasteiger partial charge on any atom is -0.491 e. The molecule has 1 aliphatic heterocycles. The number of alkyl halides is 2. The van der Waals surface area contributed by atoms with E-state index in [2.05, 4.69) is 5.32 Å². The van der Waals surface area contributed by atoms with Crippen molar-refractivity contribution in [2.75, 3.05) is 13.2 Å². The average Bonchev–Trinajstić information content (AvgIpc) is 3.55. The number of hydrogen-bond donors (Lipinski definition) is 4. The number of amides is 2. The van der Waals surface area contributed by atoms with Crippen LogP contribution in [0.2, 0.25) is 0 Å². The van der Waals surface area contributed by atoms with Crippen LogP contribution in [0.15, 0.2) is 23.5 Å². The molecule has 3 aliphatic rings. The molecule has 2 amide bonds. The molecule has 0 radical (unpaired) electrons. The quantitative estimate of drug-likeness (QED) is 0.248. The minimum atomic E-state index is -2.97. The Labute approximate surface area is 179 Å². The van der Waals surface area contributed by atoms with Crippen LogP contribution in [0.1, 0.15) is 27.7 Å². The second-order valence-electron chi connectivity index (χ2n) is 8.72. The SMILES string of the molecule is CC1=C(OCC(C)(F)F)[C@@H]1C(C=N)C(C)N1CC(C(=N)NC(=O)[C@@H](C)O)C2(C=C2)C1=O. The topological polar surface area (TPSA) is 127 Å². The maximum atomic E-state index is 13.1. The summed E-state index contributed by atoms with van der Waals surface area (Å²) in [6, 6.07) is -0.447. The number of hydrogen-bond acceptors (Lipinski definition) is 6. The number of likely N-dealkylation sites (tertiary alicyclic amines) is 1. The van der Waals surface area contributed by atoms with Gasteiger partial charge in [-0.2, -0.15) is 0 Å². The molecule has 0 saturated carbocycles. The van der Waals surface area contributed by atoms with Crippen molar-refractivity contribution in [2.24, 2.45) is 23.2 Å². The van der Waals surface area contributed by atoms with E-state index in [1.807, 2.05) is 0 Å². The molecule has 1 saturated heterocycles. The van der Waals surface area contributed by atoms with E-state index in [4.69, 9.17) is 15.6 Å². The van der Waals surface area contributed by atoms with Crippen LogP contribution < -0.4 is 5.32 Å². The molecule has 4 N–H and O–H groups in total. The van der Waals surface area contributed by atoms with Crippen LogP contribution in [-0.2, 0) is 14.3 Å². The van der Waals surface area contributed by atoms with E-state index in [-0.39, 0.29) is 24.2 Å². The van der Waals surface area contributed by atoms with Crippen molar-refractivity contribution in [1.29, 1.82) is 10.8 Å². The molecule has 0 bridgehead atoms. The number of ether oxygens (including phenoxy) is 1. The summed E-state index contributed by atoms with van der Waals surface area (Å²) in [5.41, 5.74) is -0.191. The lowest BCUT2D eigenvalue weighted by atomic mass is 9.88. The number of carbonyl (C=O) groups excluding carboxylic acids is 2. The molecule has 10 heteroatoms. The average molecular weight is 438 g/mol. The van der Waals surface area contributed by atoms with Crippen molar-refractivity contribution in [3.05, 3.63) is 23.5 Å². The van der Waals surface area contributed by atoms with Gasteiger partial charge in [0, 0.05) is 31.6 Å². The zero-order valence-electron chi connectivity index (χ0n) is 17.9. The van der Waals surface area contributed by atoms with Crippen LogP contribution >= 0.6 is 0 Å². The van der Waals surface area contributed by atoms with Crippen LogP contribution in [-0.4, -0.2) is 65.1 Å². The van der Waals surface area contributed by atoms with E-state index in [9.17, 15) is 23.5 Å². The number of nitrogens with zero attached hydrogens (tertiary/aromatic N) is 1. The van der Waals surface area contributed by atoms with Gasteiger partial charge in [0.1, 0.15) is 17.7 Å². The Kier molecular flexibility index (Phi) is 5.81. The number of rotatable bonds is 9. The molecule has 0 aromatic rings. The summed E-state index contributed by atoms with van der Waals surface area (Å²) in [6.45, 7) is 5.01. The molecule has 31 heavy (non-hydrogen) atoms. The first kappa shape index (κ1) is 23.1. The number of nitrogens with one attached hydrogen (secondary N) is 3. The van der Waals surface area contributed by atoms with Gasteiger partial charge in [0.2, 0.25) is 5.91 Å². The first-order valence-corrected chi connectivity index (χ1v) is 10.1. The van der Waals surface area contributed by atoms with Gasteiger partial charge < -0.3 is 25.5 Å². The zero-order chi connectivity index (χ0) is 23.3. The minimum absolute atomic E-state index is 0.153. The van der Waals surface area contributed by atoms with E-state index in [1.165, 1.54) is 13.1 Å². The summed E-state index contributed by atoms with van der Waals surface area (Å²) in [5.74, 6) is -5.02. The van der Waals surface area contributed by atoms with E-state index >= 15 is 0 Å². The molecule has 3 unspecified atom stereocenters. The van der Waals surface area contributed by atoms with Crippen molar-refractivity contribution in [3.63, 3.8) is 0 Å². The lowest BCUT2D eigenvalue weighted by molar-refractivity contribution is -0.133. The normalized spacial score (nSPS) is 26.5. The van der Waals surface area contributed by atoms with E-state index < -0.39 is 47.8 Å². The fourth-order valence-electron chi connectivity index (χ4n) is 4.22. The van der Waals surface area contributed by atoms with Crippen molar-refractivity contribution < 1.29 is 28.2 Å². The summed E-state index contributed by atoms with van der Waals surface area (Å²) < 4.78 is 31.5. The van der Waals surface area contributed by atoms with Gasteiger partial charge in [-0.15, -0.1) is 0 Å². The van der Waals surface area contributed by atoms with E-state index in [1.54, 1.807) is 30.9 Å². The maximum Gasteiger partial charge on any atom is 0.278 e. The van der Waals surface area contributed by atoms with Gasteiger partial charge in [0.15, 0.2) is 6.61 Å². The predicted octanol–water partition coefficient (Wildman–Crippen LogP) is 1.71. The summed E-state index contributed by atoms with van der Waals surface area (Å²) in [6.07, 6.45) is 3.30. The molecule has 2 aliphatic carbocycles. The van der Waals surface area contributed by atoms with Gasteiger partial charge >= 0.3 is 0 Å². The zero-order valence-corrected chi connectivity index (χ0v) is 17.9. The number of allylic oxidation sites excluding steroid dienone is 2. The first-order chi connectivity index (χ1) is 14.3. The second-order valence-corrected chi connectivity index (χ2v) is 8.72. The first-order valence-electron chi connectivity index (χ1n) is 10.1. The summed E-state index contributed by atoms with van der Waals surface area (Å²) in [4.78, 5) is 26.5. The second kappa shape index (κ2) is 7.81. The highest BCUT2D eigenvalue weighted by Crippen LogP contribution is 2.52. The molecule has 8 nitrogen and oxygen atoms in total. The van der Waals surface area contributed by atoms with Crippen molar-refractivity contribution in [1.82, 2.24) is 10.2 Å². The van der Waals surface area contributed by atoms with Gasteiger partial charge in [0.25, 0.3) is 11.8 Å².